The summed E-state index contributed by atoms with van der Waals surface area (Å²) in [5.74, 6) is 0.763. The van der Waals surface area contributed by atoms with Crippen LogP contribution < -0.4 is 9.47 Å². The fourth-order valence-electron chi connectivity index (χ4n) is 2.67. The Balaban J connectivity index is 2.10. The van der Waals surface area contributed by atoms with Gasteiger partial charge in [-0.3, -0.25) is 9.88 Å². The number of pyridine rings is 2. The third kappa shape index (κ3) is 5.57. The minimum atomic E-state index is -0.0890. The molecule has 2 aromatic heterocycles. The molecule has 0 aliphatic heterocycles. The summed E-state index contributed by atoms with van der Waals surface area (Å²) < 4.78 is 11.3. The highest BCUT2D eigenvalue weighted by molar-refractivity contribution is 5.49. The normalized spacial score (nSPS) is 11.6. The van der Waals surface area contributed by atoms with Gasteiger partial charge in [0.2, 0.25) is 5.88 Å². The predicted octanol–water partition coefficient (Wildman–Crippen LogP) is 3.20. The first-order valence-electron chi connectivity index (χ1n) is 8.46. The number of aromatic nitrogens is 2. The zero-order valence-electron chi connectivity index (χ0n) is 15.3. The Kier molecular flexibility index (Phi) is 7.59. The van der Waals surface area contributed by atoms with Crippen molar-refractivity contribution in [1.29, 1.82) is 5.26 Å². The van der Waals surface area contributed by atoms with E-state index in [9.17, 15) is 5.26 Å². The molecule has 2 rings (SSSR count). The second-order valence-corrected chi connectivity index (χ2v) is 5.97. The maximum atomic E-state index is 9.41. The molecule has 0 N–H and O–H groups in total. The van der Waals surface area contributed by atoms with E-state index in [2.05, 4.69) is 27.5 Å². The summed E-state index contributed by atoms with van der Waals surface area (Å²) in [6.07, 6.45) is 8.62. The minimum absolute atomic E-state index is 0.0890. The number of nitriles is 1. The smallest absolute Gasteiger partial charge is 0.235 e. The van der Waals surface area contributed by atoms with Crippen LogP contribution in [0.4, 0.5) is 0 Å². The van der Waals surface area contributed by atoms with Gasteiger partial charge in [0.1, 0.15) is 17.9 Å². The number of hydrogen-bond acceptors (Lipinski definition) is 6. The van der Waals surface area contributed by atoms with Gasteiger partial charge >= 0.3 is 0 Å². The average Bonchev–Trinajstić information content (AvgIpc) is 2.66. The molecule has 0 radical (unpaired) electrons. The molecule has 1 atom stereocenters. The zero-order valence-corrected chi connectivity index (χ0v) is 15.3. The number of rotatable bonds is 10. The van der Waals surface area contributed by atoms with E-state index < -0.39 is 0 Å². The van der Waals surface area contributed by atoms with Crippen LogP contribution in [0.25, 0.3) is 0 Å². The molecule has 6 nitrogen and oxygen atoms in total. The summed E-state index contributed by atoms with van der Waals surface area (Å²) in [7, 11) is 3.53. The van der Waals surface area contributed by atoms with Crippen molar-refractivity contribution in [2.45, 2.75) is 25.5 Å². The molecule has 0 aliphatic carbocycles. The lowest BCUT2D eigenvalue weighted by Gasteiger charge is -2.25. The van der Waals surface area contributed by atoms with Crippen LogP contribution in [-0.2, 0) is 6.54 Å². The van der Waals surface area contributed by atoms with E-state index in [4.69, 9.17) is 9.47 Å². The van der Waals surface area contributed by atoms with Crippen LogP contribution >= 0.6 is 0 Å². The standard InChI is InChI=1S/C20H24N4O2/c1-4-5-8-17(15-24(2)14-16-7-6-10-22-13-16)26-19-9-11-23-20(25-3)18(19)12-21/h4,6-7,9-11,13,17H,1,5,8,14-15H2,2-3H3/t17-/m0/s1. The van der Waals surface area contributed by atoms with Crippen molar-refractivity contribution in [2.75, 3.05) is 20.7 Å². The molecule has 0 amide bonds. The van der Waals surface area contributed by atoms with Crippen LogP contribution in [0.3, 0.4) is 0 Å². The first-order chi connectivity index (χ1) is 12.7. The fraction of sp³-hybridized carbons (Fsp3) is 0.350. The molecule has 0 unspecified atom stereocenters. The van der Waals surface area contributed by atoms with Gasteiger partial charge in [-0.2, -0.15) is 5.26 Å². The van der Waals surface area contributed by atoms with Gasteiger partial charge in [0.25, 0.3) is 0 Å². The molecule has 0 spiro atoms. The molecule has 2 aromatic rings. The molecule has 2 heterocycles. The summed E-state index contributed by atoms with van der Waals surface area (Å²) in [5, 5.41) is 9.41. The molecule has 6 heteroatoms. The van der Waals surface area contributed by atoms with Crippen molar-refractivity contribution < 1.29 is 9.47 Å². The fourth-order valence-corrected chi connectivity index (χ4v) is 2.67. The maximum Gasteiger partial charge on any atom is 0.235 e. The summed E-state index contributed by atoms with van der Waals surface area (Å²) in [5.41, 5.74) is 1.45. The highest BCUT2D eigenvalue weighted by atomic mass is 16.5. The van der Waals surface area contributed by atoms with Crippen LogP contribution in [-0.4, -0.2) is 41.7 Å². The molecule has 26 heavy (non-hydrogen) atoms. The first-order valence-corrected chi connectivity index (χ1v) is 8.46. The Morgan fingerprint density at radius 2 is 2.23 bits per heavy atom. The van der Waals surface area contributed by atoms with E-state index in [1.807, 2.05) is 31.5 Å². The summed E-state index contributed by atoms with van der Waals surface area (Å²) in [6.45, 7) is 5.26. The van der Waals surface area contributed by atoms with E-state index in [0.29, 0.717) is 17.9 Å². The number of hydrogen-bond donors (Lipinski definition) is 0. The minimum Gasteiger partial charge on any atom is -0.487 e. The van der Waals surface area contributed by atoms with Gasteiger partial charge in [0, 0.05) is 37.7 Å². The molecule has 0 saturated heterocycles. The van der Waals surface area contributed by atoms with Gasteiger partial charge in [-0.15, -0.1) is 6.58 Å². The number of methoxy groups -OCH3 is 1. The quantitative estimate of drug-likeness (QED) is 0.612. The molecule has 136 valence electrons. The molecular weight excluding hydrogens is 328 g/mol. The number of nitrogens with zero attached hydrogens (tertiary/aromatic N) is 4. The molecule has 0 saturated carbocycles. The van der Waals surface area contributed by atoms with Gasteiger partial charge in [-0.25, -0.2) is 4.98 Å². The van der Waals surface area contributed by atoms with Gasteiger partial charge in [-0.1, -0.05) is 12.1 Å². The van der Waals surface area contributed by atoms with Crippen LogP contribution in [0.5, 0.6) is 11.6 Å². The van der Waals surface area contributed by atoms with Crippen LogP contribution in [0, 0.1) is 11.3 Å². The number of allylic oxidation sites excluding steroid dienone is 1. The van der Waals surface area contributed by atoms with E-state index in [-0.39, 0.29) is 12.0 Å². The van der Waals surface area contributed by atoms with E-state index >= 15 is 0 Å². The van der Waals surface area contributed by atoms with Crippen molar-refractivity contribution >= 4 is 0 Å². The van der Waals surface area contributed by atoms with Crippen LogP contribution in [0.1, 0.15) is 24.0 Å². The topological polar surface area (TPSA) is 71.3 Å². The Hall–Kier alpha value is -2.91. The predicted molar refractivity (Wildman–Crippen MR) is 99.9 cm³/mol. The Labute approximate surface area is 154 Å². The molecular formula is C20H24N4O2. The lowest BCUT2D eigenvalue weighted by molar-refractivity contribution is 0.136. The van der Waals surface area contributed by atoms with Crippen molar-refractivity contribution in [2.24, 2.45) is 0 Å². The van der Waals surface area contributed by atoms with Gasteiger partial charge in [0.15, 0.2) is 5.56 Å². The van der Waals surface area contributed by atoms with Gasteiger partial charge in [-0.05, 0) is 31.5 Å². The van der Waals surface area contributed by atoms with E-state index in [0.717, 1.165) is 24.9 Å². The Bertz CT molecular complexity index is 743. The SMILES string of the molecule is C=CCC[C@@H](CN(C)Cc1cccnc1)Oc1ccnc(OC)c1C#N. The Morgan fingerprint density at radius 3 is 2.88 bits per heavy atom. The van der Waals surface area contributed by atoms with Crippen molar-refractivity contribution in [3.8, 4) is 17.7 Å². The number of likely N-dealkylation sites (N-methyl/N-ethyl adjacent to an activating group) is 1. The van der Waals surface area contributed by atoms with Crippen molar-refractivity contribution in [3.63, 3.8) is 0 Å². The van der Waals surface area contributed by atoms with Crippen LogP contribution in [0.15, 0.2) is 49.4 Å². The summed E-state index contributed by atoms with van der Waals surface area (Å²) in [6, 6.07) is 7.79. The highest BCUT2D eigenvalue weighted by Gasteiger charge is 2.18. The first kappa shape index (κ1) is 19.4. The molecule has 0 aliphatic rings. The number of ether oxygens (including phenoxy) is 2. The van der Waals surface area contributed by atoms with Crippen LogP contribution in [0.2, 0.25) is 0 Å². The van der Waals surface area contributed by atoms with E-state index in [1.54, 1.807) is 18.5 Å². The van der Waals surface area contributed by atoms with E-state index in [1.165, 1.54) is 7.11 Å². The lowest BCUT2D eigenvalue weighted by Crippen LogP contribution is -2.33. The van der Waals surface area contributed by atoms with Crippen molar-refractivity contribution in [1.82, 2.24) is 14.9 Å². The second-order valence-electron chi connectivity index (χ2n) is 5.97. The second kappa shape index (κ2) is 10.2. The zero-order chi connectivity index (χ0) is 18.8. The maximum absolute atomic E-state index is 9.41. The van der Waals surface area contributed by atoms with Crippen molar-refractivity contribution in [3.05, 3.63) is 60.6 Å². The van der Waals surface area contributed by atoms with Gasteiger partial charge < -0.3 is 9.47 Å². The van der Waals surface area contributed by atoms with Gasteiger partial charge in [0.05, 0.1) is 7.11 Å². The lowest BCUT2D eigenvalue weighted by atomic mass is 10.1. The highest BCUT2D eigenvalue weighted by Crippen LogP contribution is 2.26. The third-order valence-electron chi connectivity index (χ3n) is 3.86. The average molecular weight is 352 g/mol. The Morgan fingerprint density at radius 1 is 1.38 bits per heavy atom. The third-order valence-corrected chi connectivity index (χ3v) is 3.86. The largest absolute Gasteiger partial charge is 0.487 e. The summed E-state index contributed by atoms with van der Waals surface area (Å²) in [4.78, 5) is 10.4. The molecule has 0 fully saturated rings. The summed E-state index contributed by atoms with van der Waals surface area (Å²) >= 11 is 0. The monoisotopic (exact) mass is 352 g/mol. The molecule has 0 bridgehead atoms. The molecule has 0 aromatic carbocycles.